The van der Waals surface area contributed by atoms with Gasteiger partial charge in [-0.1, -0.05) is 42.4 Å². The molecule has 78 valence electrons. The first-order chi connectivity index (χ1) is 7.20. The van der Waals surface area contributed by atoms with Gasteiger partial charge < -0.3 is 0 Å². The molecule has 0 aliphatic heterocycles. The van der Waals surface area contributed by atoms with Gasteiger partial charge in [-0.3, -0.25) is 9.59 Å². The van der Waals surface area contributed by atoms with Gasteiger partial charge in [-0.2, -0.15) is 0 Å². The standard InChI is InChI=1S/C11H11NO3/c1-2-9(13)10(12-15)11(14)8-6-4-3-5-7-8/h3-7,10H,2H2,1H3. The van der Waals surface area contributed by atoms with Crippen LogP contribution in [0.1, 0.15) is 23.7 Å². The van der Waals surface area contributed by atoms with Gasteiger partial charge in [0.1, 0.15) is 0 Å². The number of hydrogen-bond donors (Lipinski definition) is 0. The molecule has 1 aromatic carbocycles. The second kappa shape index (κ2) is 5.14. The maximum atomic E-state index is 11.7. The molecule has 0 aliphatic rings. The van der Waals surface area contributed by atoms with Crippen molar-refractivity contribution in [3.05, 3.63) is 40.8 Å². The van der Waals surface area contributed by atoms with Gasteiger partial charge in [0.05, 0.1) is 0 Å². The van der Waals surface area contributed by atoms with E-state index in [9.17, 15) is 14.5 Å². The number of carbonyl (C=O) groups excluding carboxylic acids is 2. The molecule has 1 unspecified atom stereocenters. The van der Waals surface area contributed by atoms with Crippen molar-refractivity contribution in [3.63, 3.8) is 0 Å². The molecule has 1 atom stereocenters. The van der Waals surface area contributed by atoms with Gasteiger partial charge in [-0.15, -0.1) is 4.91 Å². The first kappa shape index (κ1) is 11.2. The van der Waals surface area contributed by atoms with Gasteiger partial charge in [0.15, 0.2) is 11.6 Å². The molecule has 4 heteroatoms. The average molecular weight is 205 g/mol. The minimum atomic E-state index is -1.39. The van der Waals surface area contributed by atoms with Crippen LogP contribution in [0, 0.1) is 4.91 Å². The lowest BCUT2D eigenvalue weighted by Gasteiger charge is -2.05. The Hall–Kier alpha value is -1.84. The van der Waals surface area contributed by atoms with Crippen LogP contribution in [0.2, 0.25) is 0 Å². The lowest BCUT2D eigenvalue weighted by atomic mass is 10.0. The molecule has 15 heavy (non-hydrogen) atoms. The predicted molar refractivity (Wildman–Crippen MR) is 55.7 cm³/mol. The van der Waals surface area contributed by atoms with Crippen molar-refractivity contribution in [2.75, 3.05) is 0 Å². The molecule has 0 saturated heterocycles. The molecular weight excluding hydrogens is 194 g/mol. The Balaban J connectivity index is 2.92. The van der Waals surface area contributed by atoms with E-state index in [2.05, 4.69) is 5.18 Å². The Morgan fingerprint density at radius 1 is 1.27 bits per heavy atom. The van der Waals surface area contributed by atoms with Crippen molar-refractivity contribution in [3.8, 4) is 0 Å². The van der Waals surface area contributed by atoms with Crippen LogP contribution in [0.5, 0.6) is 0 Å². The summed E-state index contributed by atoms with van der Waals surface area (Å²) in [5.74, 6) is -0.976. The molecule has 0 aliphatic carbocycles. The maximum Gasteiger partial charge on any atom is 0.212 e. The van der Waals surface area contributed by atoms with E-state index in [4.69, 9.17) is 0 Å². The first-order valence-corrected chi connectivity index (χ1v) is 4.65. The van der Waals surface area contributed by atoms with Crippen LogP contribution in [0.4, 0.5) is 0 Å². The highest BCUT2D eigenvalue weighted by Gasteiger charge is 2.26. The Bertz CT molecular complexity index is 373. The number of benzene rings is 1. The van der Waals surface area contributed by atoms with Gasteiger partial charge in [0, 0.05) is 12.0 Å². The van der Waals surface area contributed by atoms with Crippen molar-refractivity contribution < 1.29 is 9.59 Å². The molecule has 0 bridgehead atoms. The summed E-state index contributed by atoms with van der Waals surface area (Å²) in [5, 5.41) is 2.59. The molecule has 0 heterocycles. The molecular formula is C11H11NO3. The Morgan fingerprint density at radius 2 is 1.87 bits per heavy atom. The molecule has 0 saturated carbocycles. The third-order valence-electron chi connectivity index (χ3n) is 2.07. The minimum absolute atomic E-state index is 0.134. The van der Waals surface area contributed by atoms with E-state index in [1.165, 1.54) is 0 Å². The van der Waals surface area contributed by atoms with Gasteiger partial charge in [0.25, 0.3) is 0 Å². The van der Waals surface area contributed by atoms with E-state index in [0.717, 1.165) is 0 Å². The Labute approximate surface area is 87.3 Å². The highest BCUT2D eigenvalue weighted by molar-refractivity contribution is 6.14. The summed E-state index contributed by atoms with van der Waals surface area (Å²) in [6.45, 7) is 1.60. The highest BCUT2D eigenvalue weighted by atomic mass is 16.3. The molecule has 0 fully saturated rings. The summed E-state index contributed by atoms with van der Waals surface area (Å²) in [7, 11) is 0. The predicted octanol–water partition coefficient (Wildman–Crippen LogP) is 1.98. The SMILES string of the molecule is CCC(=O)C(N=O)C(=O)c1ccccc1. The smallest absolute Gasteiger partial charge is 0.212 e. The van der Waals surface area contributed by atoms with Gasteiger partial charge in [0.2, 0.25) is 6.04 Å². The zero-order valence-corrected chi connectivity index (χ0v) is 8.34. The summed E-state index contributed by atoms with van der Waals surface area (Å²) in [6, 6.07) is 6.82. The summed E-state index contributed by atoms with van der Waals surface area (Å²) < 4.78 is 0. The fourth-order valence-electron chi connectivity index (χ4n) is 1.21. The molecule has 4 nitrogen and oxygen atoms in total. The zero-order chi connectivity index (χ0) is 11.3. The lowest BCUT2D eigenvalue weighted by molar-refractivity contribution is -0.118. The van der Waals surface area contributed by atoms with E-state index in [1.807, 2.05) is 0 Å². The molecule has 0 radical (unpaired) electrons. The second-order valence-corrected chi connectivity index (χ2v) is 3.06. The number of hydrogen-bond acceptors (Lipinski definition) is 4. The minimum Gasteiger partial charge on any atom is -0.297 e. The van der Waals surface area contributed by atoms with Crippen LogP contribution in [-0.2, 0) is 4.79 Å². The van der Waals surface area contributed by atoms with Crippen molar-refractivity contribution in [1.82, 2.24) is 0 Å². The number of ketones is 2. The van der Waals surface area contributed by atoms with Gasteiger partial charge >= 0.3 is 0 Å². The first-order valence-electron chi connectivity index (χ1n) is 4.65. The zero-order valence-electron chi connectivity index (χ0n) is 8.34. The monoisotopic (exact) mass is 205 g/mol. The van der Waals surface area contributed by atoms with Crippen LogP contribution in [0.3, 0.4) is 0 Å². The summed E-state index contributed by atoms with van der Waals surface area (Å²) in [6.07, 6.45) is 0.134. The van der Waals surface area contributed by atoms with Crippen molar-refractivity contribution in [1.29, 1.82) is 0 Å². The normalized spacial score (nSPS) is 11.8. The highest BCUT2D eigenvalue weighted by Crippen LogP contribution is 2.08. The number of rotatable bonds is 5. The van der Waals surface area contributed by atoms with Crippen LogP contribution < -0.4 is 0 Å². The van der Waals surface area contributed by atoms with Crippen LogP contribution >= 0.6 is 0 Å². The van der Waals surface area contributed by atoms with Crippen molar-refractivity contribution in [2.45, 2.75) is 19.4 Å². The Kier molecular flexibility index (Phi) is 3.85. The number of Topliss-reactive ketones (excluding diaryl/α,β-unsaturated/α-hetero) is 2. The molecule has 0 N–H and O–H groups in total. The van der Waals surface area contributed by atoms with Crippen LogP contribution in [0.25, 0.3) is 0 Å². The fraction of sp³-hybridized carbons (Fsp3) is 0.273. The average Bonchev–Trinajstić information content (AvgIpc) is 2.30. The van der Waals surface area contributed by atoms with Gasteiger partial charge in [-0.25, -0.2) is 0 Å². The van der Waals surface area contributed by atoms with E-state index < -0.39 is 17.6 Å². The van der Waals surface area contributed by atoms with Crippen LogP contribution in [-0.4, -0.2) is 17.6 Å². The largest absolute Gasteiger partial charge is 0.297 e. The number of carbonyl (C=O) groups is 2. The van der Waals surface area contributed by atoms with Crippen molar-refractivity contribution in [2.24, 2.45) is 5.18 Å². The molecule has 0 spiro atoms. The second-order valence-electron chi connectivity index (χ2n) is 3.06. The summed E-state index contributed by atoms with van der Waals surface area (Å²) >= 11 is 0. The van der Waals surface area contributed by atoms with Crippen LogP contribution in [0.15, 0.2) is 35.5 Å². The lowest BCUT2D eigenvalue weighted by Crippen LogP contribution is -2.27. The summed E-state index contributed by atoms with van der Waals surface area (Å²) in [5.41, 5.74) is 0.337. The molecule has 0 aromatic heterocycles. The molecule has 0 amide bonds. The number of nitroso groups, excluding NO2 is 1. The van der Waals surface area contributed by atoms with Crippen molar-refractivity contribution >= 4 is 11.6 Å². The van der Waals surface area contributed by atoms with E-state index in [1.54, 1.807) is 37.3 Å². The quantitative estimate of drug-likeness (QED) is 0.419. The maximum absolute atomic E-state index is 11.7. The fourth-order valence-corrected chi connectivity index (χ4v) is 1.21. The van der Waals surface area contributed by atoms with E-state index in [-0.39, 0.29) is 6.42 Å². The topological polar surface area (TPSA) is 63.6 Å². The molecule has 1 aromatic rings. The van der Waals surface area contributed by atoms with E-state index in [0.29, 0.717) is 5.56 Å². The third-order valence-corrected chi connectivity index (χ3v) is 2.07. The third kappa shape index (κ3) is 2.56. The molecule has 1 rings (SSSR count). The summed E-state index contributed by atoms with van der Waals surface area (Å²) in [4.78, 5) is 33.3. The Morgan fingerprint density at radius 3 is 2.33 bits per heavy atom. The van der Waals surface area contributed by atoms with E-state index >= 15 is 0 Å². The van der Waals surface area contributed by atoms with Gasteiger partial charge in [-0.05, 0) is 0 Å². The number of nitrogens with zero attached hydrogens (tertiary/aromatic N) is 1.